The summed E-state index contributed by atoms with van der Waals surface area (Å²) in [5.41, 5.74) is 0. The smallest absolute Gasteiger partial charge is 0.195 e. The summed E-state index contributed by atoms with van der Waals surface area (Å²) in [6.07, 6.45) is 1.83. The van der Waals surface area contributed by atoms with Crippen LogP contribution in [0.25, 0.3) is 0 Å². The average molecular weight is 241 g/mol. The van der Waals surface area contributed by atoms with Gasteiger partial charge in [0.1, 0.15) is 0 Å². The molecule has 1 aliphatic heterocycles. The van der Waals surface area contributed by atoms with Crippen LogP contribution in [0.3, 0.4) is 0 Å². The maximum atomic E-state index is 11.7. The molecule has 0 bridgehead atoms. The first-order valence-electron chi connectivity index (χ1n) is 4.72. The number of hydrogen-bond acceptors (Lipinski definition) is 2. The van der Waals surface area contributed by atoms with E-state index in [1.165, 1.54) is 8.61 Å². The molecule has 1 saturated heterocycles. The molecule has 84 valence electrons. The molecule has 0 N–H and O–H groups in total. The molecule has 0 saturated carbocycles. The zero-order chi connectivity index (χ0) is 10.8. The summed E-state index contributed by atoms with van der Waals surface area (Å²) in [7, 11) is -0.0848. The molecule has 1 heterocycles. The molecule has 1 rings (SSSR count). The molecule has 0 aliphatic carbocycles. The third-order valence-electron chi connectivity index (χ3n) is 2.55. The van der Waals surface area contributed by atoms with Gasteiger partial charge in [0.15, 0.2) is 0 Å². The molecule has 14 heavy (non-hydrogen) atoms. The van der Waals surface area contributed by atoms with Gasteiger partial charge in [-0.1, -0.05) is 0 Å². The molecular weight excluding hydrogens is 224 g/mol. The first-order chi connectivity index (χ1) is 6.48. The van der Waals surface area contributed by atoms with Crippen molar-refractivity contribution in [2.45, 2.75) is 12.8 Å². The third-order valence-corrected chi connectivity index (χ3v) is 4.68. The van der Waals surface area contributed by atoms with E-state index in [2.05, 4.69) is 0 Å². The molecule has 0 radical (unpaired) electrons. The van der Waals surface area contributed by atoms with Crippen LogP contribution >= 0.6 is 11.6 Å². The van der Waals surface area contributed by atoms with E-state index in [1.54, 1.807) is 14.1 Å². The van der Waals surface area contributed by atoms with Crippen molar-refractivity contribution in [2.75, 3.05) is 33.1 Å². The second-order valence-corrected chi connectivity index (χ2v) is 6.30. The van der Waals surface area contributed by atoms with Crippen molar-refractivity contribution in [3.8, 4) is 0 Å². The Bertz CT molecular complexity index is 279. The van der Waals surface area contributed by atoms with Gasteiger partial charge in [0.2, 0.25) is 0 Å². The molecule has 0 aromatic heterocycles. The van der Waals surface area contributed by atoms with Gasteiger partial charge in [0.05, 0.1) is 0 Å². The van der Waals surface area contributed by atoms with Crippen molar-refractivity contribution in [1.29, 1.82) is 0 Å². The Morgan fingerprint density at radius 3 is 2.64 bits per heavy atom. The highest BCUT2D eigenvalue weighted by Gasteiger charge is 2.32. The SMILES string of the molecule is CN(C)S(=O)(=O)N1CCC(CCCl)C1. The zero-order valence-electron chi connectivity index (χ0n) is 8.61. The van der Waals surface area contributed by atoms with Crippen molar-refractivity contribution in [2.24, 2.45) is 5.92 Å². The quantitative estimate of drug-likeness (QED) is 0.681. The number of alkyl halides is 1. The molecular formula is C8H17ClN2O2S. The second-order valence-electron chi connectivity index (χ2n) is 3.78. The van der Waals surface area contributed by atoms with E-state index in [9.17, 15) is 8.42 Å². The Kier molecular flexibility index (Phi) is 4.18. The maximum Gasteiger partial charge on any atom is 0.281 e. The topological polar surface area (TPSA) is 40.6 Å². The van der Waals surface area contributed by atoms with Crippen molar-refractivity contribution in [3.63, 3.8) is 0 Å². The van der Waals surface area contributed by atoms with Crippen LogP contribution in [0, 0.1) is 5.92 Å². The molecule has 0 aromatic rings. The highest BCUT2D eigenvalue weighted by Crippen LogP contribution is 2.23. The van der Waals surface area contributed by atoms with Gasteiger partial charge in [0, 0.05) is 33.1 Å². The van der Waals surface area contributed by atoms with Crippen LogP contribution in [-0.4, -0.2) is 50.1 Å². The summed E-state index contributed by atoms with van der Waals surface area (Å²) < 4.78 is 26.2. The minimum Gasteiger partial charge on any atom is -0.195 e. The van der Waals surface area contributed by atoms with Crippen LogP contribution in [0.15, 0.2) is 0 Å². The fourth-order valence-corrected chi connectivity index (χ4v) is 3.13. The predicted molar refractivity (Wildman–Crippen MR) is 57.6 cm³/mol. The molecule has 0 aromatic carbocycles. The number of halogens is 1. The number of rotatable bonds is 4. The molecule has 1 unspecified atom stereocenters. The first-order valence-corrected chi connectivity index (χ1v) is 6.65. The Labute approximate surface area is 91.0 Å². The summed E-state index contributed by atoms with van der Waals surface area (Å²) in [6.45, 7) is 1.25. The lowest BCUT2D eigenvalue weighted by molar-refractivity contribution is 0.408. The molecule has 1 fully saturated rings. The summed E-state index contributed by atoms with van der Waals surface area (Å²) >= 11 is 5.63. The van der Waals surface area contributed by atoms with Gasteiger partial charge in [-0.3, -0.25) is 0 Å². The Morgan fingerprint density at radius 1 is 1.50 bits per heavy atom. The minimum absolute atomic E-state index is 0.433. The maximum absolute atomic E-state index is 11.7. The summed E-state index contributed by atoms with van der Waals surface area (Å²) in [4.78, 5) is 0. The molecule has 0 amide bonds. The van der Waals surface area contributed by atoms with Crippen LogP contribution in [0.1, 0.15) is 12.8 Å². The van der Waals surface area contributed by atoms with E-state index < -0.39 is 10.2 Å². The summed E-state index contributed by atoms with van der Waals surface area (Å²) in [5, 5.41) is 0. The Balaban J connectivity index is 2.58. The molecule has 4 nitrogen and oxygen atoms in total. The van der Waals surface area contributed by atoms with Gasteiger partial charge < -0.3 is 0 Å². The third kappa shape index (κ3) is 2.59. The predicted octanol–water partition coefficient (Wildman–Crippen LogP) is 0.744. The van der Waals surface area contributed by atoms with E-state index in [4.69, 9.17) is 11.6 Å². The zero-order valence-corrected chi connectivity index (χ0v) is 10.2. The summed E-state index contributed by atoms with van der Waals surface area (Å²) in [5.74, 6) is 1.04. The Morgan fingerprint density at radius 2 is 2.14 bits per heavy atom. The van der Waals surface area contributed by atoms with E-state index in [0.717, 1.165) is 12.8 Å². The molecule has 1 aliphatic rings. The van der Waals surface area contributed by atoms with Crippen LogP contribution in [-0.2, 0) is 10.2 Å². The molecule has 0 spiro atoms. The average Bonchev–Trinajstić information content (AvgIpc) is 2.53. The van der Waals surface area contributed by atoms with Crippen molar-refractivity contribution < 1.29 is 8.42 Å². The van der Waals surface area contributed by atoms with E-state index in [-0.39, 0.29) is 0 Å². The van der Waals surface area contributed by atoms with Gasteiger partial charge in [0.25, 0.3) is 10.2 Å². The molecule has 1 atom stereocenters. The van der Waals surface area contributed by atoms with Crippen LogP contribution < -0.4 is 0 Å². The monoisotopic (exact) mass is 240 g/mol. The largest absolute Gasteiger partial charge is 0.281 e. The lowest BCUT2D eigenvalue weighted by Gasteiger charge is -2.20. The van der Waals surface area contributed by atoms with Crippen molar-refractivity contribution >= 4 is 21.8 Å². The van der Waals surface area contributed by atoms with Gasteiger partial charge in [-0.05, 0) is 18.8 Å². The van der Waals surface area contributed by atoms with Crippen LogP contribution in [0.5, 0.6) is 0 Å². The first kappa shape index (κ1) is 12.2. The second kappa shape index (κ2) is 4.79. The minimum atomic E-state index is -3.20. The van der Waals surface area contributed by atoms with Crippen LogP contribution in [0.4, 0.5) is 0 Å². The van der Waals surface area contributed by atoms with Gasteiger partial charge >= 0.3 is 0 Å². The van der Waals surface area contributed by atoms with Gasteiger partial charge in [-0.2, -0.15) is 17.0 Å². The number of nitrogens with zero attached hydrogens (tertiary/aromatic N) is 2. The van der Waals surface area contributed by atoms with Crippen molar-refractivity contribution in [3.05, 3.63) is 0 Å². The normalized spacial score (nSPS) is 24.7. The van der Waals surface area contributed by atoms with E-state index in [0.29, 0.717) is 24.9 Å². The fraction of sp³-hybridized carbons (Fsp3) is 1.00. The lowest BCUT2D eigenvalue weighted by Crippen LogP contribution is -2.38. The Hall–Kier alpha value is 0.160. The highest BCUT2D eigenvalue weighted by molar-refractivity contribution is 7.86. The van der Waals surface area contributed by atoms with E-state index in [1.807, 2.05) is 0 Å². The standard InChI is InChI=1S/C8H17ClN2O2S/c1-10(2)14(12,13)11-6-4-8(7-11)3-5-9/h8H,3-7H2,1-2H3. The lowest BCUT2D eigenvalue weighted by atomic mass is 10.1. The van der Waals surface area contributed by atoms with Crippen molar-refractivity contribution in [1.82, 2.24) is 8.61 Å². The number of hydrogen-bond donors (Lipinski definition) is 0. The van der Waals surface area contributed by atoms with E-state index >= 15 is 0 Å². The van der Waals surface area contributed by atoms with Gasteiger partial charge in [-0.15, -0.1) is 11.6 Å². The fourth-order valence-electron chi connectivity index (χ4n) is 1.63. The van der Waals surface area contributed by atoms with Gasteiger partial charge in [-0.25, -0.2) is 0 Å². The van der Waals surface area contributed by atoms with Crippen LogP contribution in [0.2, 0.25) is 0 Å². The highest BCUT2D eigenvalue weighted by atomic mass is 35.5. The molecule has 6 heteroatoms. The summed E-state index contributed by atoms with van der Waals surface area (Å²) in [6, 6.07) is 0.